The van der Waals surface area contributed by atoms with Gasteiger partial charge in [-0.15, -0.1) is 11.3 Å². The van der Waals surface area contributed by atoms with Gasteiger partial charge in [0.1, 0.15) is 0 Å². The summed E-state index contributed by atoms with van der Waals surface area (Å²) in [6, 6.07) is 9.24. The van der Waals surface area contributed by atoms with Gasteiger partial charge in [0.05, 0.1) is 15.9 Å². The van der Waals surface area contributed by atoms with Crippen LogP contribution in [0.5, 0.6) is 0 Å². The highest BCUT2D eigenvalue weighted by molar-refractivity contribution is 7.12. The Kier molecular flexibility index (Phi) is 5.54. The standard InChI is InChI=1S/C15H10N4O5S/c16-8-11(13(20)9-3-5-10(6-4-9)19(23)24)14(21)17-18-15(22)12-2-1-7-25-12/h1-7,11H,(H,17,21)(H,18,22)/t11-/m1/s1. The molecule has 0 aliphatic heterocycles. The normalized spacial score (nSPS) is 11.0. The van der Waals surface area contributed by atoms with Gasteiger partial charge in [0, 0.05) is 17.7 Å². The zero-order chi connectivity index (χ0) is 18.4. The fourth-order valence-corrected chi connectivity index (χ4v) is 2.43. The molecule has 9 nitrogen and oxygen atoms in total. The highest BCUT2D eigenvalue weighted by Gasteiger charge is 2.28. The summed E-state index contributed by atoms with van der Waals surface area (Å²) in [7, 11) is 0. The van der Waals surface area contributed by atoms with E-state index in [2.05, 4.69) is 5.43 Å². The number of nitrogens with one attached hydrogen (secondary N) is 2. The molecule has 25 heavy (non-hydrogen) atoms. The lowest BCUT2D eigenvalue weighted by atomic mass is 9.98. The van der Waals surface area contributed by atoms with E-state index in [0.29, 0.717) is 4.88 Å². The summed E-state index contributed by atoms with van der Waals surface area (Å²) >= 11 is 1.15. The monoisotopic (exact) mass is 358 g/mol. The molecule has 1 heterocycles. The van der Waals surface area contributed by atoms with Crippen LogP contribution < -0.4 is 10.9 Å². The molecule has 1 aromatic heterocycles. The van der Waals surface area contributed by atoms with Crippen molar-refractivity contribution in [2.75, 3.05) is 0 Å². The second kappa shape index (κ2) is 7.80. The molecule has 10 heteroatoms. The number of nitro benzene ring substituents is 1. The van der Waals surface area contributed by atoms with Crippen LogP contribution in [0.1, 0.15) is 20.0 Å². The number of hydrogen-bond donors (Lipinski definition) is 2. The molecular weight excluding hydrogens is 348 g/mol. The van der Waals surface area contributed by atoms with E-state index >= 15 is 0 Å². The largest absolute Gasteiger partial charge is 0.292 e. The van der Waals surface area contributed by atoms with Gasteiger partial charge in [-0.3, -0.25) is 35.3 Å². The van der Waals surface area contributed by atoms with Crippen LogP contribution in [-0.4, -0.2) is 22.5 Å². The zero-order valence-electron chi connectivity index (χ0n) is 12.5. The number of nitro groups is 1. The lowest BCUT2D eigenvalue weighted by Crippen LogP contribution is -2.45. The van der Waals surface area contributed by atoms with Crippen LogP contribution in [0.4, 0.5) is 5.69 Å². The van der Waals surface area contributed by atoms with Crippen LogP contribution in [-0.2, 0) is 4.79 Å². The Morgan fingerprint density at radius 3 is 2.36 bits per heavy atom. The quantitative estimate of drug-likeness (QED) is 0.358. The van der Waals surface area contributed by atoms with Gasteiger partial charge >= 0.3 is 0 Å². The first-order chi connectivity index (χ1) is 11.9. The molecule has 0 radical (unpaired) electrons. The minimum Gasteiger partial charge on any atom is -0.292 e. The smallest absolute Gasteiger partial charge is 0.279 e. The van der Waals surface area contributed by atoms with Crippen LogP contribution in [0.25, 0.3) is 0 Å². The maximum Gasteiger partial charge on any atom is 0.279 e. The van der Waals surface area contributed by atoms with Gasteiger partial charge in [0.15, 0.2) is 11.7 Å². The van der Waals surface area contributed by atoms with E-state index in [1.807, 2.05) is 5.43 Å². The Labute approximate surface area is 145 Å². The second-order valence-electron chi connectivity index (χ2n) is 4.65. The number of Topliss-reactive ketones (excluding diaryl/α,β-unsaturated/α-hetero) is 1. The predicted octanol–water partition coefficient (Wildman–Crippen LogP) is 1.44. The lowest BCUT2D eigenvalue weighted by Gasteiger charge is -2.10. The number of ketones is 1. The molecule has 2 rings (SSSR count). The zero-order valence-corrected chi connectivity index (χ0v) is 13.3. The van der Waals surface area contributed by atoms with E-state index in [4.69, 9.17) is 5.26 Å². The number of carbonyl (C=O) groups is 3. The number of non-ortho nitro benzene ring substituents is 1. The fourth-order valence-electron chi connectivity index (χ4n) is 1.81. The number of rotatable bonds is 5. The van der Waals surface area contributed by atoms with Crippen LogP contribution in [0.15, 0.2) is 41.8 Å². The van der Waals surface area contributed by atoms with Crippen LogP contribution in [0.3, 0.4) is 0 Å². The summed E-state index contributed by atoms with van der Waals surface area (Å²) in [5.74, 6) is -4.12. The van der Waals surface area contributed by atoms with E-state index < -0.39 is 28.4 Å². The molecule has 0 saturated carbocycles. The van der Waals surface area contributed by atoms with E-state index in [9.17, 15) is 24.5 Å². The first kappa shape index (κ1) is 17.8. The summed E-state index contributed by atoms with van der Waals surface area (Å²) in [4.78, 5) is 46.2. The molecule has 1 atom stereocenters. The van der Waals surface area contributed by atoms with Crippen molar-refractivity contribution in [3.05, 3.63) is 62.3 Å². The minimum atomic E-state index is -1.70. The summed E-state index contributed by atoms with van der Waals surface area (Å²) in [6.07, 6.45) is 0. The van der Waals surface area contributed by atoms with Crippen LogP contribution >= 0.6 is 11.3 Å². The topological polar surface area (TPSA) is 142 Å². The maximum absolute atomic E-state index is 12.2. The van der Waals surface area contributed by atoms with Crippen molar-refractivity contribution in [3.63, 3.8) is 0 Å². The van der Waals surface area contributed by atoms with Crippen LogP contribution in [0, 0.1) is 27.4 Å². The summed E-state index contributed by atoms with van der Waals surface area (Å²) in [5, 5.41) is 21.3. The van der Waals surface area contributed by atoms with E-state index in [1.165, 1.54) is 6.07 Å². The van der Waals surface area contributed by atoms with E-state index in [-0.39, 0.29) is 11.3 Å². The van der Waals surface area contributed by atoms with Crippen molar-refractivity contribution < 1.29 is 19.3 Å². The SMILES string of the molecule is N#C[C@@H](C(=O)NNC(=O)c1cccs1)C(=O)c1ccc([N+](=O)[O-])cc1. The average Bonchev–Trinajstić information content (AvgIpc) is 3.15. The van der Waals surface area contributed by atoms with Crippen molar-refractivity contribution in [1.29, 1.82) is 5.26 Å². The third kappa shape index (κ3) is 4.24. The Hall–Kier alpha value is -3.58. The summed E-state index contributed by atoms with van der Waals surface area (Å²) in [6.45, 7) is 0. The number of nitriles is 1. The predicted molar refractivity (Wildman–Crippen MR) is 86.5 cm³/mol. The number of thiophene rings is 1. The number of benzene rings is 1. The third-order valence-electron chi connectivity index (χ3n) is 3.06. The number of amides is 2. The average molecular weight is 358 g/mol. The molecule has 0 unspecified atom stereocenters. The highest BCUT2D eigenvalue weighted by atomic mass is 32.1. The molecule has 2 amide bonds. The third-order valence-corrected chi connectivity index (χ3v) is 3.93. The van der Waals surface area contributed by atoms with E-state index in [0.717, 1.165) is 35.6 Å². The number of nitrogens with zero attached hydrogens (tertiary/aromatic N) is 2. The number of hydrazine groups is 1. The van der Waals surface area contributed by atoms with Gasteiger partial charge < -0.3 is 0 Å². The minimum absolute atomic E-state index is 0.0307. The molecule has 0 fully saturated rings. The lowest BCUT2D eigenvalue weighted by molar-refractivity contribution is -0.384. The molecule has 0 bridgehead atoms. The Morgan fingerprint density at radius 1 is 1.16 bits per heavy atom. The molecule has 2 aromatic rings. The first-order valence-electron chi connectivity index (χ1n) is 6.76. The van der Waals surface area contributed by atoms with Gasteiger partial charge in [0.2, 0.25) is 0 Å². The Balaban J connectivity index is 2.03. The first-order valence-corrected chi connectivity index (χ1v) is 7.64. The molecule has 0 aliphatic rings. The van der Waals surface area contributed by atoms with Gasteiger partial charge in [-0.2, -0.15) is 5.26 Å². The van der Waals surface area contributed by atoms with Crippen molar-refractivity contribution in [3.8, 4) is 6.07 Å². The van der Waals surface area contributed by atoms with Gasteiger partial charge in [-0.1, -0.05) is 6.07 Å². The molecule has 1 aromatic carbocycles. The van der Waals surface area contributed by atoms with Crippen molar-refractivity contribution in [2.45, 2.75) is 0 Å². The molecule has 2 N–H and O–H groups in total. The second-order valence-corrected chi connectivity index (χ2v) is 5.60. The van der Waals surface area contributed by atoms with Crippen LogP contribution in [0.2, 0.25) is 0 Å². The summed E-state index contributed by atoms with van der Waals surface area (Å²) < 4.78 is 0. The van der Waals surface area contributed by atoms with Crippen molar-refractivity contribution in [2.24, 2.45) is 5.92 Å². The maximum atomic E-state index is 12.2. The molecule has 0 saturated heterocycles. The fraction of sp³-hybridized carbons (Fsp3) is 0.0667. The van der Waals surface area contributed by atoms with Gasteiger partial charge in [-0.25, -0.2) is 0 Å². The molecule has 126 valence electrons. The van der Waals surface area contributed by atoms with Gasteiger partial charge in [-0.05, 0) is 23.6 Å². The number of carbonyl (C=O) groups excluding carboxylic acids is 3. The molecule has 0 spiro atoms. The van der Waals surface area contributed by atoms with Crippen molar-refractivity contribution >= 4 is 34.6 Å². The Bertz CT molecular complexity index is 855. The Morgan fingerprint density at radius 2 is 1.84 bits per heavy atom. The van der Waals surface area contributed by atoms with Crippen molar-refractivity contribution in [1.82, 2.24) is 10.9 Å². The molecule has 0 aliphatic carbocycles. The summed E-state index contributed by atoms with van der Waals surface area (Å²) in [5.41, 5.74) is 3.87. The highest BCUT2D eigenvalue weighted by Crippen LogP contribution is 2.15. The number of hydrogen-bond acceptors (Lipinski definition) is 7. The van der Waals surface area contributed by atoms with Gasteiger partial charge in [0.25, 0.3) is 17.5 Å². The molecular formula is C15H10N4O5S. The van der Waals surface area contributed by atoms with E-state index in [1.54, 1.807) is 17.5 Å².